The van der Waals surface area contributed by atoms with Crippen LogP contribution in [-0.4, -0.2) is 0 Å². The van der Waals surface area contributed by atoms with Gasteiger partial charge in [-0.15, -0.1) is 0 Å². The number of fused-ring (bicyclic) bond motifs is 5. The molecule has 0 radical (unpaired) electrons. The normalized spacial score (nSPS) is 12.2. The van der Waals surface area contributed by atoms with Crippen molar-refractivity contribution in [3.8, 4) is 77.9 Å². The zero-order valence-corrected chi connectivity index (χ0v) is 60.0. The maximum atomic E-state index is 3.63. The number of hydrogen-bond donors (Lipinski definition) is 0. The summed E-state index contributed by atoms with van der Waals surface area (Å²) in [6, 6.07) is 108. The second-order valence-electron chi connectivity index (χ2n) is 25.3. The topological polar surface area (TPSA) is 6.48 Å². The van der Waals surface area contributed by atoms with Crippen molar-refractivity contribution in [1.29, 1.82) is 0 Å². The van der Waals surface area contributed by atoms with Crippen molar-refractivity contribution < 1.29 is 0 Å². The summed E-state index contributed by atoms with van der Waals surface area (Å²) in [4.78, 5) is 4.78. The molecule has 0 heterocycles. The number of unbranched alkanes of at least 4 members (excludes halogenated alkanes) is 6. The standard InChI is InChI=1S/C89H74Br4N2/c1-3-5-7-11-57-89(58-12-8-6-4-2)86-59-71(69-31-52-80(53-32-69)94(76-44-23-65(24-45-76)61-15-36-72(90)37-16-61)77-46-25-66(26-47-77)62-17-38-73(91)39-18-62)35-56-84(86)88-83-14-10-9-13-82(83)85(60-87(88)89)70-33-54-81(55-34-70)95(78-48-27-67(28-49-78)63-19-40-74(92)41-20-63)79-50-29-68(30-51-79)64-21-42-75(93)43-22-64/h9-10,13-56,59-60H,3-8,11-12,57-58H2,1-2H3. The van der Waals surface area contributed by atoms with Gasteiger partial charge in [0.2, 0.25) is 0 Å². The van der Waals surface area contributed by atoms with Crippen molar-refractivity contribution in [3.63, 3.8) is 0 Å². The zero-order valence-electron chi connectivity index (χ0n) is 53.7. The lowest BCUT2D eigenvalue weighted by molar-refractivity contribution is 0.401. The predicted octanol–water partition coefficient (Wildman–Crippen LogP) is 29.0. The third-order valence-electron chi connectivity index (χ3n) is 19.4. The average molecular weight is 1490 g/mol. The summed E-state index contributed by atoms with van der Waals surface area (Å²) < 4.78 is 4.30. The molecule has 0 spiro atoms. The van der Waals surface area contributed by atoms with Crippen LogP contribution >= 0.6 is 63.7 Å². The molecular weight excluding hydrogens is 1420 g/mol. The van der Waals surface area contributed by atoms with Gasteiger partial charge in [-0.3, -0.25) is 0 Å². The van der Waals surface area contributed by atoms with Crippen LogP contribution in [0.2, 0.25) is 0 Å². The summed E-state index contributed by atoms with van der Waals surface area (Å²) in [6.45, 7) is 4.67. The minimum absolute atomic E-state index is 0.163. The predicted molar refractivity (Wildman–Crippen MR) is 420 cm³/mol. The molecule has 0 saturated carbocycles. The molecule has 0 saturated heterocycles. The summed E-state index contributed by atoms with van der Waals surface area (Å²) in [7, 11) is 0. The van der Waals surface area contributed by atoms with E-state index in [1.807, 2.05) is 0 Å². The third kappa shape index (κ3) is 13.6. The van der Waals surface area contributed by atoms with Crippen LogP contribution in [0.5, 0.6) is 0 Å². The first-order valence-electron chi connectivity index (χ1n) is 33.6. The molecule has 1 aliphatic carbocycles. The highest BCUT2D eigenvalue weighted by Gasteiger charge is 2.44. The third-order valence-corrected chi connectivity index (χ3v) is 21.5. The summed E-state index contributed by atoms with van der Waals surface area (Å²) in [6.07, 6.45) is 12.0. The number of halogens is 4. The molecule has 0 N–H and O–H groups in total. The van der Waals surface area contributed by atoms with E-state index in [9.17, 15) is 0 Å². The van der Waals surface area contributed by atoms with Crippen LogP contribution < -0.4 is 9.80 Å². The zero-order chi connectivity index (χ0) is 64.8. The van der Waals surface area contributed by atoms with Crippen LogP contribution in [0.3, 0.4) is 0 Å². The van der Waals surface area contributed by atoms with Crippen molar-refractivity contribution in [3.05, 3.63) is 320 Å². The number of rotatable bonds is 22. The van der Waals surface area contributed by atoms with Crippen molar-refractivity contribution in [2.24, 2.45) is 0 Å². The fourth-order valence-electron chi connectivity index (χ4n) is 14.4. The van der Waals surface area contributed by atoms with Crippen LogP contribution in [0.4, 0.5) is 34.1 Å². The van der Waals surface area contributed by atoms with E-state index in [1.165, 1.54) is 151 Å². The molecule has 6 heteroatoms. The quantitative estimate of drug-likeness (QED) is 0.0624. The summed E-state index contributed by atoms with van der Waals surface area (Å²) in [5.41, 5.74) is 26.7. The Balaban J connectivity index is 0.843. The van der Waals surface area contributed by atoms with Gasteiger partial charge in [-0.05, 0) is 246 Å². The molecule has 14 rings (SSSR count). The molecule has 0 amide bonds. The Kier molecular flexibility index (Phi) is 19.5. The molecule has 0 fully saturated rings. The minimum atomic E-state index is -0.163. The van der Waals surface area contributed by atoms with Gasteiger partial charge in [0, 0.05) is 57.4 Å². The maximum absolute atomic E-state index is 3.63. The molecule has 95 heavy (non-hydrogen) atoms. The Morgan fingerprint density at radius 2 is 0.537 bits per heavy atom. The highest BCUT2D eigenvalue weighted by Crippen LogP contribution is 2.58. The number of nitrogens with zero attached hydrogens (tertiary/aromatic N) is 2. The lowest BCUT2D eigenvalue weighted by Gasteiger charge is -2.34. The van der Waals surface area contributed by atoms with E-state index in [0.717, 1.165) is 64.9 Å². The molecule has 1 aliphatic rings. The molecule has 468 valence electrons. The SMILES string of the molecule is CCCCCCC1(CCCCCC)c2cc(-c3ccc(N(c4ccc(-c5ccc(Br)cc5)cc4)c4ccc(-c5ccc(Br)cc5)cc4)cc3)ccc2-c2c1cc(-c1ccc(N(c3ccc(-c4ccc(Br)cc4)cc3)c3ccc(-c4ccc(Br)cc4)cc3)cc1)c1ccccc21. The van der Waals surface area contributed by atoms with Gasteiger partial charge in [-0.25, -0.2) is 0 Å². The Labute approximate surface area is 594 Å². The van der Waals surface area contributed by atoms with Gasteiger partial charge in [0.15, 0.2) is 0 Å². The molecular formula is C89H74Br4N2. The summed E-state index contributed by atoms with van der Waals surface area (Å²) in [5, 5.41) is 2.62. The average Bonchev–Trinajstić information content (AvgIpc) is 1.54. The first-order valence-corrected chi connectivity index (χ1v) is 36.7. The first-order chi connectivity index (χ1) is 46.6. The van der Waals surface area contributed by atoms with E-state index in [4.69, 9.17) is 0 Å². The van der Waals surface area contributed by atoms with Crippen LogP contribution in [0.1, 0.15) is 89.2 Å². The lowest BCUT2D eigenvalue weighted by atomic mass is 9.69. The fraction of sp³-hybridized carbons (Fsp3) is 0.146. The summed E-state index contributed by atoms with van der Waals surface area (Å²) >= 11 is 14.5. The number of anilines is 6. The van der Waals surface area contributed by atoms with Crippen LogP contribution in [0.15, 0.2) is 309 Å². The molecule has 13 aromatic carbocycles. The smallest absolute Gasteiger partial charge is 0.0462 e. The van der Waals surface area contributed by atoms with Crippen LogP contribution in [0.25, 0.3) is 88.7 Å². The van der Waals surface area contributed by atoms with Gasteiger partial charge in [0.05, 0.1) is 0 Å². The van der Waals surface area contributed by atoms with Gasteiger partial charge in [0.1, 0.15) is 0 Å². The van der Waals surface area contributed by atoms with Gasteiger partial charge in [-0.1, -0.05) is 287 Å². The van der Waals surface area contributed by atoms with Crippen molar-refractivity contribution >= 4 is 109 Å². The van der Waals surface area contributed by atoms with E-state index in [2.05, 4.69) is 379 Å². The minimum Gasteiger partial charge on any atom is -0.311 e. The van der Waals surface area contributed by atoms with Crippen molar-refractivity contribution in [2.45, 2.75) is 83.5 Å². The fourth-order valence-corrected chi connectivity index (χ4v) is 15.5. The van der Waals surface area contributed by atoms with E-state index in [1.54, 1.807) is 0 Å². The Bertz CT molecular complexity index is 4570. The van der Waals surface area contributed by atoms with Gasteiger partial charge in [0.25, 0.3) is 0 Å². The van der Waals surface area contributed by atoms with Gasteiger partial charge < -0.3 is 9.80 Å². The second kappa shape index (κ2) is 28.9. The molecule has 0 atom stereocenters. The lowest BCUT2D eigenvalue weighted by Crippen LogP contribution is -2.25. The Hall–Kier alpha value is -8.36. The maximum Gasteiger partial charge on any atom is 0.0462 e. The van der Waals surface area contributed by atoms with Gasteiger partial charge >= 0.3 is 0 Å². The molecule has 0 aromatic heterocycles. The molecule has 2 nitrogen and oxygen atoms in total. The highest BCUT2D eigenvalue weighted by molar-refractivity contribution is 9.11. The second-order valence-corrected chi connectivity index (χ2v) is 29.0. The first kappa shape index (κ1) is 64.0. The molecule has 0 aliphatic heterocycles. The van der Waals surface area contributed by atoms with Crippen LogP contribution in [-0.2, 0) is 5.41 Å². The highest BCUT2D eigenvalue weighted by atomic mass is 79.9. The molecule has 13 aromatic rings. The van der Waals surface area contributed by atoms with E-state index < -0.39 is 0 Å². The van der Waals surface area contributed by atoms with Crippen molar-refractivity contribution in [2.75, 3.05) is 9.80 Å². The van der Waals surface area contributed by atoms with Crippen LogP contribution in [0, 0.1) is 0 Å². The monoisotopic (exact) mass is 1490 g/mol. The largest absolute Gasteiger partial charge is 0.311 e. The van der Waals surface area contributed by atoms with Gasteiger partial charge in [-0.2, -0.15) is 0 Å². The van der Waals surface area contributed by atoms with E-state index >= 15 is 0 Å². The number of hydrogen-bond acceptors (Lipinski definition) is 2. The van der Waals surface area contributed by atoms with Crippen molar-refractivity contribution in [1.82, 2.24) is 0 Å². The van der Waals surface area contributed by atoms with E-state index in [-0.39, 0.29) is 5.41 Å². The van der Waals surface area contributed by atoms with E-state index in [0.29, 0.717) is 0 Å². The Morgan fingerprint density at radius 1 is 0.253 bits per heavy atom. The Morgan fingerprint density at radius 3 is 0.863 bits per heavy atom. The molecule has 0 unspecified atom stereocenters. The number of benzene rings is 13. The molecule has 0 bridgehead atoms. The summed E-state index contributed by atoms with van der Waals surface area (Å²) in [5.74, 6) is 0.